The van der Waals surface area contributed by atoms with Gasteiger partial charge in [-0.15, -0.1) is 13.2 Å². The molecule has 10 heteroatoms. The summed E-state index contributed by atoms with van der Waals surface area (Å²) in [4.78, 5) is 15.0. The lowest BCUT2D eigenvalue weighted by molar-refractivity contribution is -0.274. The first-order valence-electron chi connectivity index (χ1n) is 8.15. The van der Waals surface area contributed by atoms with Gasteiger partial charge in [0.15, 0.2) is 11.7 Å². The first kappa shape index (κ1) is 20.9. The van der Waals surface area contributed by atoms with Gasteiger partial charge in [0.05, 0.1) is 12.2 Å². The number of hydrogen-bond acceptors (Lipinski definition) is 4. The average molecular weight is 396 g/mol. The number of nitrogens with zero attached hydrogens (tertiary/aromatic N) is 1. The zero-order chi connectivity index (χ0) is 20.6. The maximum absolute atomic E-state index is 12.4. The van der Waals surface area contributed by atoms with Gasteiger partial charge in [0.2, 0.25) is 5.91 Å². The molecule has 0 atom stereocenters. The smallest absolute Gasteiger partial charge is 0.492 e. The van der Waals surface area contributed by atoms with E-state index in [4.69, 9.17) is 10.5 Å². The van der Waals surface area contributed by atoms with E-state index in [9.17, 15) is 18.0 Å². The maximum Gasteiger partial charge on any atom is 0.573 e. The minimum atomic E-state index is -4.82. The minimum absolute atomic E-state index is 0.0324. The van der Waals surface area contributed by atoms with Crippen LogP contribution in [0.5, 0.6) is 11.5 Å². The monoisotopic (exact) mass is 396 g/mol. The highest BCUT2D eigenvalue weighted by molar-refractivity contribution is 5.93. The minimum Gasteiger partial charge on any atom is -0.492 e. The van der Waals surface area contributed by atoms with E-state index >= 15 is 0 Å². The number of alkyl halides is 3. The lowest BCUT2D eigenvalue weighted by atomic mass is 10.3. The van der Waals surface area contributed by atoms with Crippen LogP contribution < -0.4 is 25.8 Å². The molecule has 0 spiro atoms. The van der Waals surface area contributed by atoms with Gasteiger partial charge in [0.1, 0.15) is 12.4 Å². The summed E-state index contributed by atoms with van der Waals surface area (Å²) in [5.41, 5.74) is 6.32. The molecule has 0 fully saturated rings. The van der Waals surface area contributed by atoms with Gasteiger partial charge < -0.3 is 25.8 Å². The molecular formula is C18H19F3N4O3. The van der Waals surface area contributed by atoms with E-state index in [1.54, 1.807) is 24.3 Å². The summed E-state index contributed by atoms with van der Waals surface area (Å²) in [5, 5.41) is 5.20. The van der Waals surface area contributed by atoms with Crippen molar-refractivity contribution in [2.75, 3.05) is 23.8 Å². The number of benzene rings is 2. The Balaban J connectivity index is 1.88. The van der Waals surface area contributed by atoms with Gasteiger partial charge in [-0.3, -0.25) is 4.79 Å². The number of aliphatic imine (C=N–C) groups is 1. The van der Waals surface area contributed by atoms with Crippen LogP contribution in [0.2, 0.25) is 0 Å². The number of para-hydroxylation sites is 2. The quantitative estimate of drug-likeness (QED) is 0.379. The fraction of sp³-hybridized carbons (Fsp3) is 0.222. The SMILES string of the molecule is CC(=O)Nc1cccc(OCCN=C(N)Nc2ccccc2OC(F)(F)F)c1. The van der Waals surface area contributed by atoms with Crippen molar-refractivity contribution in [1.29, 1.82) is 0 Å². The summed E-state index contributed by atoms with van der Waals surface area (Å²) in [5.74, 6) is -0.180. The van der Waals surface area contributed by atoms with E-state index in [0.717, 1.165) is 6.07 Å². The molecule has 0 aliphatic rings. The molecule has 0 heterocycles. The number of hydrogen-bond donors (Lipinski definition) is 3. The third-order valence-electron chi connectivity index (χ3n) is 3.17. The zero-order valence-corrected chi connectivity index (χ0v) is 14.9. The fourth-order valence-corrected chi connectivity index (χ4v) is 2.16. The van der Waals surface area contributed by atoms with Crippen LogP contribution in [-0.2, 0) is 4.79 Å². The predicted molar refractivity (Wildman–Crippen MR) is 99.5 cm³/mol. The first-order valence-corrected chi connectivity index (χ1v) is 8.15. The summed E-state index contributed by atoms with van der Waals surface area (Å²) in [6, 6.07) is 12.3. The highest BCUT2D eigenvalue weighted by Gasteiger charge is 2.32. The number of anilines is 2. The number of nitrogens with one attached hydrogen (secondary N) is 2. The summed E-state index contributed by atoms with van der Waals surface area (Å²) < 4.78 is 46.7. The molecule has 1 amide bonds. The van der Waals surface area contributed by atoms with Gasteiger partial charge in [-0.2, -0.15) is 0 Å². The highest BCUT2D eigenvalue weighted by atomic mass is 19.4. The molecule has 0 saturated heterocycles. The third kappa shape index (κ3) is 7.44. The Morgan fingerprint density at radius 1 is 1.14 bits per heavy atom. The lowest BCUT2D eigenvalue weighted by Gasteiger charge is -2.14. The van der Waals surface area contributed by atoms with Gasteiger partial charge >= 0.3 is 6.36 Å². The van der Waals surface area contributed by atoms with Crippen molar-refractivity contribution < 1.29 is 27.4 Å². The van der Waals surface area contributed by atoms with Crippen molar-refractivity contribution in [3.8, 4) is 11.5 Å². The molecule has 150 valence electrons. The van der Waals surface area contributed by atoms with E-state index in [-0.39, 0.29) is 30.7 Å². The average Bonchev–Trinajstić information content (AvgIpc) is 2.59. The summed E-state index contributed by atoms with van der Waals surface area (Å²) in [6.45, 7) is 1.73. The van der Waals surface area contributed by atoms with Crippen molar-refractivity contribution in [2.45, 2.75) is 13.3 Å². The Morgan fingerprint density at radius 2 is 1.89 bits per heavy atom. The Morgan fingerprint density at radius 3 is 2.61 bits per heavy atom. The molecule has 0 radical (unpaired) electrons. The second-order valence-corrected chi connectivity index (χ2v) is 5.49. The standard InChI is InChI=1S/C18H19F3N4O3/c1-12(26)24-13-5-4-6-14(11-13)27-10-9-23-17(22)25-15-7-2-3-8-16(15)28-18(19,20)21/h2-8,11H,9-10H2,1H3,(H,24,26)(H3,22,23,25). The maximum atomic E-state index is 12.4. The Labute approximate surface area is 159 Å². The van der Waals surface area contributed by atoms with Crippen LogP contribution in [0.15, 0.2) is 53.5 Å². The van der Waals surface area contributed by atoms with Crippen LogP contribution in [0, 0.1) is 0 Å². The van der Waals surface area contributed by atoms with Gasteiger partial charge in [0.25, 0.3) is 0 Å². The summed E-state index contributed by atoms with van der Waals surface area (Å²) in [7, 11) is 0. The molecule has 28 heavy (non-hydrogen) atoms. The normalized spacial score (nSPS) is 11.6. The largest absolute Gasteiger partial charge is 0.573 e. The number of amides is 1. The number of ether oxygens (including phenoxy) is 2. The van der Waals surface area contributed by atoms with E-state index < -0.39 is 12.1 Å². The summed E-state index contributed by atoms with van der Waals surface area (Å²) >= 11 is 0. The van der Waals surface area contributed by atoms with E-state index in [2.05, 4.69) is 20.4 Å². The molecule has 7 nitrogen and oxygen atoms in total. The Kier molecular flexibility index (Phi) is 7.08. The third-order valence-corrected chi connectivity index (χ3v) is 3.17. The zero-order valence-electron chi connectivity index (χ0n) is 14.9. The molecule has 4 N–H and O–H groups in total. The van der Waals surface area contributed by atoms with Crippen molar-refractivity contribution in [3.05, 3.63) is 48.5 Å². The Hall–Kier alpha value is -3.43. The second-order valence-electron chi connectivity index (χ2n) is 5.49. The first-order chi connectivity index (χ1) is 13.2. The molecule has 0 aliphatic heterocycles. The van der Waals surface area contributed by atoms with Gasteiger partial charge in [-0.25, -0.2) is 4.99 Å². The van der Waals surface area contributed by atoms with Crippen molar-refractivity contribution in [1.82, 2.24) is 0 Å². The molecule has 0 saturated carbocycles. The van der Waals surface area contributed by atoms with Gasteiger partial charge in [0, 0.05) is 18.7 Å². The molecule has 0 aromatic heterocycles. The molecule has 0 unspecified atom stereocenters. The van der Waals surface area contributed by atoms with Crippen LogP contribution >= 0.6 is 0 Å². The molecule has 2 aromatic carbocycles. The fourth-order valence-electron chi connectivity index (χ4n) is 2.16. The number of halogens is 3. The number of carbonyl (C=O) groups excluding carboxylic acids is 1. The molecular weight excluding hydrogens is 377 g/mol. The molecule has 2 aromatic rings. The van der Waals surface area contributed by atoms with E-state index in [0.29, 0.717) is 11.4 Å². The van der Waals surface area contributed by atoms with Crippen LogP contribution in [-0.4, -0.2) is 31.4 Å². The second kappa shape index (κ2) is 9.49. The van der Waals surface area contributed by atoms with Crippen molar-refractivity contribution >= 4 is 23.2 Å². The number of carbonyl (C=O) groups is 1. The number of rotatable bonds is 7. The van der Waals surface area contributed by atoms with Gasteiger partial charge in [-0.05, 0) is 24.3 Å². The van der Waals surface area contributed by atoms with Crippen LogP contribution in [0.1, 0.15) is 6.92 Å². The number of guanidine groups is 1. The van der Waals surface area contributed by atoms with Crippen molar-refractivity contribution in [2.24, 2.45) is 10.7 Å². The topological polar surface area (TPSA) is 98.0 Å². The molecule has 2 rings (SSSR count). The molecule has 0 aliphatic carbocycles. The van der Waals surface area contributed by atoms with E-state index in [1.165, 1.54) is 25.1 Å². The number of nitrogens with two attached hydrogens (primary N) is 1. The van der Waals surface area contributed by atoms with Crippen LogP contribution in [0.4, 0.5) is 24.5 Å². The highest BCUT2D eigenvalue weighted by Crippen LogP contribution is 2.29. The molecule has 0 bridgehead atoms. The Bertz CT molecular complexity index is 841. The lowest BCUT2D eigenvalue weighted by Crippen LogP contribution is -2.25. The predicted octanol–water partition coefficient (Wildman–Crippen LogP) is 3.35. The van der Waals surface area contributed by atoms with Gasteiger partial charge in [-0.1, -0.05) is 18.2 Å². The van der Waals surface area contributed by atoms with E-state index in [1.807, 2.05) is 0 Å². The van der Waals surface area contributed by atoms with Crippen LogP contribution in [0.3, 0.4) is 0 Å². The summed E-state index contributed by atoms with van der Waals surface area (Å²) in [6.07, 6.45) is -4.82. The van der Waals surface area contributed by atoms with Crippen molar-refractivity contribution in [3.63, 3.8) is 0 Å². The van der Waals surface area contributed by atoms with Crippen LogP contribution in [0.25, 0.3) is 0 Å².